The molecule has 0 saturated heterocycles. The molecule has 2 aromatic rings. The van der Waals surface area contributed by atoms with Crippen LogP contribution in [0.2, 0.25) is 0 Å². The largest absolute Gasteiger partial charge is 0.494 e. The Bertz CT molecular complexity index is 817. The quantitative estimate of drug-likeness (QED) is 0.843. The van der Waals surface area contributed by atoms with Gasteiger partial charge in [-0.15, -0.1) is 0 Å². The van der Waals surface area contributed by atoms with Gasteiger partial charge < -0.3 is 5.11 Å². The van der Waals surface area contributed by atoms with Gasteiger partial charge in [-0.3, -0.25) is 9.36 Å². The third-order valence-electron chi connectivity index (χ3n) is 3.01. The fourth-order valence-electron chi connectivity index (χ4n) is 1.77. The molecule has 2 aromatic heterocycles. The molecule has 2 heterocycles. The maximum atomic E-state index is 11.8. The fraction of sp³-hybridized carbons (Fsp3) is 0.143. The van der Waals surface area contributed by atoms with Crippen molar-refractivity contribution in [2.75, 3.05) is 0 Å². The van der Waals surface area contributed by atoms with Crippen LogP contribution in [-0.2, 0) is 7.05 Å². The summed E-state index contributed by atoms with van der Waals surface area (Å²) in [5.41, 5.74) is 0.157. The number of aromatic nitrogens is 2. The minimum atomic E-state index is -0.536. The summed E-state index contributed by atoms with van der Waals surface area (Å²) < 4.78 is 1.84. The van der Waals surface area contributed by atoms with Crippen LogP contribution in [0.15, 0.2) is 32.6 Å². The first-order valence-electron chi connectivity index (χ1n) is 5.94. The van der Waals surface area contributed by atoms with Crippen molar-refractivity contribution in [3.63, 3.8) is 0 Å². The highest BCUT2D eigenvalue weighted by Gasteiger charge is 2.15. The van der Waals surface area contributed by atoms with Crippen LogP contribution >= 0.6 is 15.9 Å². The molecule has 0 aliphatic rings. The van der Waals surface area contributed by atoms with E-state index in [1.54, 1.807) is 25.3 Å². The molecule has 106 valence electrons. The summed E-state index contributed by atoms with van der Waals surface area (Å²) >= 11 is 3.27. The number of nitrogens with zero attached hydrogens (tertiary/aromatic N) is 4. The van der Waals surface area contributed by atoms with E-state index in [2.05, 4.69) is 25.9 Å². The molecule has 0 bridgehead atoms. The average molecular weight is 347 g/mol. The number of pyridine rings is 2. The number of nitriles is 1. The highest BCUT2D eigenvalue weighted by Crippen LogP contribution is 2.20. The van der Waals surface area contributed by atoms with Gasteiger partial charge in [-0.05, 0) is 40.5 Å². The second kappa shape index (κ2) is 5.89. The first-order chi connectivity index (χ1) is 9.95. The van der Waals surface area contributed by atoms with Gasteiger partial charge in [0.1, 0.15) is 11.6 Å². The van der Waals surface area contributed by atoms with Gasteiger partial charge in [0, 0.05) is 23.9 Å². The van der Waals surface area contributed by atoms with E-state index in [-0.39, 0.29) is 11.4 Å². The van der Waals surface area contributed by atoms with Gasteiger partial charge in [0.15, 0.2) is 5.82 Å². The Labute approximate surface area is 129 Å². The molecule has 0 aromatic carbocycles. The number of hydrogen-bond acceptors (Lipinski definition) is 5. The van der Waals surface area contributed by atoms with Crippen LogP contribution in [0.25, 0.3) is 0 Å². The molecule has 0 radical (unpaired) electrons. The third-order valence-corrected chi connectivity index (χ3v) is 3.47. The lowest BCUT2D eigenvalue weighted by molar-refractivity contribution is 0.421. The maximum Gasteiger partial charge on any atom is 0.271 e. The predicted octanol–water partition coefficient (Wildman–Crippen LogP) is 2.18. The molecule has 21 heavy (non-hydrogen) atoms. The van der Waals surface area contributed by atoms with Crippen molar-refractivity contribution in [3.8, 4) is 11.9 Å². The van der Waals surface area contributed by atoms with Crippen LogP contribution < -0.4 is 5.56 Å². The standard InChI is InChI=1S/C14H11BrN4O2/c1-8-10(5-16)13(20)19(2)14(21)11(8)7-18-12-4-3-9(15)6-17-12/h3-4,6-7,21H,1-2H3. The number of rotatable bonds is 2. The van der Waals surface area contributed by atoms with Gasteiger partial charge in [-0.2, -0.15) is 5.26 Å². The molecular formula is C14H11BrN4O2. The van der Waals surface area contributed by atoms with Crippen molar-refractivity contribution < 1.29 is 5.11 Å². The van der Waals surface area contributed by atoms with Crippen LogP contribution in [0.1, 0.15) is 16.7 Å². The molecule has 0 unspecified atom stereocenters. The summed E-state index contributed by atoms with van der Waals surface area (Å²) in [7, 11) is 1.40. The molecule has 6 nitrogen and oxygen atoms in total. The smallest absolute Gasteiger partial charge is 0.271 e. The zero-order chi connectivity index (χ0) is 15.6. The second-order valence-electron chi connectivity index (χ2n) is 4.31. The highest BCUT2D eigenvalue weighted by atomic mass is 79.9. The zero-order valence-electron chi connectivity index (χ0n) is 11.3. The summed E-state index contributed by atoms with van der Waals surface area (Å²) in [5.74, 6) is 0.210. The Balaban J connectivity index is 2.55. The van der Waals surface area contributed by atoms with Crippen LogP contribution in [0.5, 0.6) is 5.88 Å². The van der Waals surface area contributed by atoms with Gasteiger partial charge in [0.05, 0.1) is 5.56 Å². The topological polar surface area (TPSA) is 91.3 Å². The van der Waals surface area contributed by atoms with Gasteiger partial charge in [-0.25, -0.2) is 9.98 Å². The summed E-state index contributed by atoms with van der Waals surface area (Å²) in [6.45, 7) is 1.59. The summed E-state index contributed by atoms with van der Waals surface area (Å²) in [6.07, 6.45) is 2.99. The Morgan fingerprint density at radius 2 is 2.24 bits per heavy atom. The van der Waals surface area contributed by atoms with Crippen molar-refractivity contribution in [3.05, 3.63) is 49.8 Å². The molecule has 0 fully saturated rings. The summed E-state index contributed by atoms with van der Waals surface area (Å²) in [4.78, 5) is 20.0. The molecule has 7 heteroatoms. The van der Waals surface area contributed by atoms with Crippen LogP contribution in [-0.4, -0.2) is 20.9 Å². The average Bonchev–Trinajstić information content (AvgIpc) is 2.47. The Morgan fingerprint density at radius 1 is 1.52 bits per heavy atom. The normalized spacial score (nSPS) is 10.8. The van der Waals surface area contributed by atoms with Gasteiger partial charge in [0.2, 0.25) is 5.88 Å². The van der Waals surface area contributed by atoms with Gasteiger partial charge in [-0.1, -0.05) is 0 Å². The molecule has 0 aliphatic carbocycles. The number of halogens is 1. The lowest BCUT2D eigenvalue weighted by atomic mass is 10.1. The lowest BCUT2D eigenvalue weighted by Gasteiger charge is -2.09. The third kappa shape index (κ3) is 2.85. The SMILES string of the molecule is Cc1c(C=Nc2ccc(Br)cn2)c(O)n(C)c(=O)c1C#N. The van der Waals surface area contributed by atoms with Crippen LogP contribution in [0, 0.1) is 18.3 Å². The molecule has 2 rings (SSSR count). The molecule has 1 N–H and O–H groups in total. The molecule has 0 atom stereocenters. The van der Waals surface area contributed by atoms with E-state index in [4.69, 9.17) is 5.26 Å². The first-order valence-corrected chi connectivity index (χ1v) is 6.73. The highest BCUT2D eigenvalue weighted by molar-refractivity contribution is 9.10. The Morgan fingerprint density at radius 3 is 2.81 bits per heavy atom. The lowest BCUT2D eigenvalue weighted by Crippen LogP contribution is -2.22. The molecular weight excluding hydrogens is 336 g/mol. The minimum absolute atomic E-state index is 0.0134. The Kier molecular flexibility index (Phi) is 4.19. The van der Waals surface area contributed by atoms with Crippen LogP contribution in [0.3, 0.4) is 0 Å². The van der Waals surface area contributed by atoms with E-state index in [1.165, 1.54) is 13.3 Å². The van der Waals surface area contributed by atoms with E-state index in [0.717, 1.165) is 9.04 Å². The van der Waals surface area contributed by atoms with E-state index < -0.39 is 5.56 Å². The van der Waals surface area contributed by atoms with Crippen molar-refractivity contribution in [2.45, 2.75) is 6.92 Å². The van der Waals surface area contributed by atoms with Crippen LogP contribution in [0.4, 0.5) is 5.82 Å². The van der Waals surface area contributed by atoms with E-state index >= 15 is 0 Å². The van der Waals surface area contributed by atoms with Gasteiger partial charge >= 0.3 is 0 Å². The minimum Gasteiger partial charge on any atom is -0.494 e. The monoisotopic (exact) mass is 346 g/mol. The molecule has 0 amide bonds. The zero-order valence-corrected chi connectivity index (χ0v) is 12.9. The van der Waals surface area contributed by atoms with Crippen molar-refractivity contribution in [2.24, 2.45) is 12.0 Å². The van der Waals surface area contributed by atoms with E-state index in [0.29, 0.717) is 16.9 Å². The number of aliphatic imine (C=N–C) groups is 1. The fourth-order valence-corrected chi connectivity index (χ4v) is 2.00. The molecule has 0 aliphatic heterocycles. The van der Waals surface area contributed by atoms with Crippen molar-refractivity contribution >= 4 is 28.0 Å². The predicted molar refractivity (Wildman–Crippen MR) is 82.0 cm³/mol. The van der Waals surface area contributed by atoms with E-state index in [9.17, 15) is 9.90 Å². The number of hydrogen-bond donors (Lipinski definition) is 1. The summed E-state index contributed by atoms with van der Waals surface area (Å²) in [5, 5.41) is 19.1. The maximum absolute atomic E-state index is 11.8. The molecule has 0 spiro atoms. The number of aromatic hydroxyl groups is 1. The first kappa shape index (κ1) is 14.9. The van der Waals surface area contributed by atoms with Crippen molar-refractivity contribution in [1.82, 2.24) is 9.55 Å². The van der Waals surface area contributed by atoms with Crippen molar-refractivity contribution in [1.29, 1.82) is 5.26 Å². The van der Waals surface area contributed by atoms with Gasteiger partial charge in [0.25, 0.3) is 5.56 Å². The molecule has 0 saturated carbocycles. The van der Waals surface area contributed by atoms with E-state index in [1.807, 2.05) is 6.07 Å². The summed E-state index contributed by atoms with van der Waals surface area (Å²) in [6, 6.07) is 5.33. The second-order valence-corrected chi connectivity index (χ2v) is 5.22. The Hall–Kier alpha value is -2.46.